The number of phenolic OH excluding ortho intramolecular Hbond substituents is 1. The average Bonchev–Trinajstić information content (AvgIpc) is 2.61. The molecule has 3 rings (SSSR count). The second kappa shape index (κ2) is 8.00. The van der Waals surface area contributed by atoms with Gasteiger partial charge in [-0.1, -0.05) is 66.7 Å². The van der Waals surface area contributed by atoms with E-state index in [1.54, 1.807) is 0 Å². The van der Waals surface area contributed by atoms with E-state index < -0.39 is 0 Å². The molecule has 0 fully saturated rings. The Morgan fingerprint density at radius 3 is 1.68 bits per heavy atom. The van der Waals surface area contributed by atoms with Gasteiger partial charge in [-0.2, -0.15) is 0 Å². The summed E-state index contributed by atoms with van der Waals surface area (Å²) >= 11 is 0. The van der Waals surface area contributed by atoms with Gasteiger partial charge in [-0.3, -0.25) is 4.90 Å². The van der Waals surface area contributed by atoms with Crippen molar-refractivity contribution in [3.05, 3.63) is 101 Å². The van der Waals surface area contributed by atoms with Crippen LogP contribution in [0.3, 0.4) is 0 Å². The minimum absolute atomic E-state index is 0.384. The number of benzene rings is 3. The summed E-state index contributed by atoms with van der Waals surface area (Å²) in [5.41, 5.74) is 5.88. The second-order valence-corrected chi connectivity index (χ2v) is 6.68. The molecular formula is C23H25NO. The first-order valence-corrected chi connectivity index (χ1v) is 8.71. The van der Waals surface area contributed by atoms with Crippen molar-refractivity contribution in [2.75, 3.05) is 0 Å². The standard InChI is InChI=1S/C23H25NO/c1-18-13-22(23(25)14-19(18)2)17-24(15-20-9-5-3-6-10-20)16-21-11-7-4-8-12-21/h3-14,25H,15-17H2,1-2H3. The minimum Gasteiger partial charge on any atom is -0.508 e. The molecule has 0 saturated heterocycles. The first-order chi connectivity index (χ1) is 12.1. The van der Waals surface area contributed by atoms with Crippen LogP contribution >= 0.6 is 0 Å². The zero-order valence-corrected chi connectivity index (χ0v) is 14.9. The van der Waals surface area contributed by atoms with Gasteiger partial charge in [0.1, 0.15) is 5.75 Å². The van der Waals surface area contributed by atoms with Crippen LogP contribution in [-0.4, -0.2) is 10.0 Å². The number of rotatable bonds is 6. The molecule has 2 heteroatoms. The summed E-state index contributed by atoms with van der Waals surface area (Å²) < 4.78 is 0. The first kappa shape index (κ1) is 17.2. The lowest BCUT2D eigenvalue weighted by Crippen LogP contribution is -2.22. The van der Waals surface area contributed by atoms with Gasteiger partial charge >= 0.3 is 0 Å². The van der Waals surface area contributed by atoms with Crippen LogP contribution in [0.4, 0.5) is 0 Å². The van der Waals surface area contributed by atoms with E-state index in [4.69, 9.17) is 0 Å². The predicted octanol–water partition coefficient (Wildman–Crippen LogP) is 5.21. The fraction of sp³-hybridized carbons (Fsp3) is 0.217. The van der Waals surface area contributed by atoms with Crippen LogP contribution in [0.1, 0.15) is 27.8 Å². The highest BCUT2D eigenvalue weighted by molar-refractivity contribution is 5.40. The average molecular weight is 331 g/mol. The van der Waals surface area contributed by atoms with Crippen molar-refractivity contribution in [3.8, 4) is 5.75 Å². The Labute approximate surface area is 150 Å². The maximum absolute atomic E-state index is 10.4. The van der Waals surface area contributed by atoms with Crippen LogP contribution in [0, 0.1) is 13.8 Å². The van der Waals surface area contributed by atoms with Crippen molar-refractivity contribution in [2.24, 2.45) is 0 Å². The van der Waals surface area contributed by atoms with Gasteiger partial charge in [0.2, 0.25) is 0 Å². The van der Waals surface area contributed by atoms with E-state index in [9.17, 15) is 5.11 Å². The highest BCUT2D eigenvalue weighted by Gasteiger charge is 2.12. The maximum Gasteiger partial charge on any atom is 0.120 e. The number of hydrogen-bond acceptors (Lipinski definition) is 2. The molecule has 0 radical (unpaired) electrons. The van der Waals surface area contributed by atoms with Gasteiger partial charge < -0.3 is 5.11 Å². The fourth-order valence-corrected chi connectivity index (χ4v) is 3.08. The SMILES string of the molecule is Cc1cc(O)c(CN(Cc2ccccc2)Cc2ccccc2)cc1C. The molecule has 0 spiro atoms. The fourth-order valence-electron chi connectivity index (χ4n) is 3.08. The zero-order valence-electron chi connectivity index (χ0n) is 14.9. The monoisotopic (exact) mass is 331 g/mol. The van der Waals surface area contributed by atoms with Crippen LogP contribution < -0.4 is 0 Å². The quantitative estimate of drug-likeness (QED) is 0.670. The van der Waals surface area contributed by atoms with E-state index in [1.165, 1.54) is 16.7 Å². The Balaban J connectivity index is 1.84. The Morgan fingerprint density at radius 1 is 0.680 bits per heavy atom. The summed E-state index contributed by atoms with van der Waals surface area (Å²) in [4.78, 5) is 2.37. The van der Waals surface area contributed by atoms with Gasteiger partial charge in [0, 0.05) is 25.2 Å². The number of hydrogen-bond donors (Lipinski definition) is 1. The molecule has 3 aromatic carbocycles. The Hall–Kier alpha value is -2.58. The second-order valence-electron chi connectivity index (χ2n) is 6.68. The summed E-state index contributed by atoms with van der Waals surface area (Å²) in [5, 5.41) is 10.4. The lowest BCUT2D eigenvalue weighted by Gasteiger charge is -2.24. The molecule has 0 aliphatic heterocycles. The normalized spacial score (nSPS) is 11.0. The van der Waals surface area contributed by atoms with Gasteiger partial charge in [0.15, 0.2) is 0 Å². The molecule has 2 nitrogen and oxygen atoms in total. The predicted molar refractivity (Wildman–Crippen MR) is 103 cm³/mol. The molecule has 3 aromatic rings. The third-order valence-corrected chi connectivity index (χ3v) is 4.59. The molecular weight excluding hydrogens is 306 g/mol. The number of aromatic hydroxyl groups is 1. The summed E-state index contributed by atoms with van der Waals surface area (Å²) in [5.74, 6) is 0.384. The summed E-state index contributed by atoms with van der Waals surface area (Å²) in [6, 6.07) is 25.0. The Morgan fingerprint density at radius 2 is 1.16 bits per heavy atom. The van der Waals surface area contributed by atoms with Crippen molar-refractivity contribution in [1.82, 2.24) is 4.90 Å². The maximum atomic E-state index is 10.4. The third kappa shape index (κ3) is 4.71. The highest BCUT2D eigenvalue weighted by atomic mass is 16.3. The Kier molecular flexibility index (Phi) is 5.52. The number of nitrogens with zero attached hydrogens (tertiary/aromatic N) is 1. The van der Waals surface area contributed by atoms with Crippen LogP contribution in [0.5, 0.6) is 5.75 Å². The highest BCUT2D eigenvalue weighted by Crippen LogP contribution is 2.24. The van der Waals surface area contributed by atoms with Crippen LogP contribution in [0.15, 0.2) is 72.8 Å². The smallest absolute Gasteiger partial charge is 0.120 e. The van der Waals surface area contributed by atoms with E-state index >= 15 is 0 Å². The third-order valence-electron chi connectivity index (χ3n) is 4.59. The lowest BCUT2D eigenvalue weighted by molar-refractivity contribution is 0.244. The number of phenols is 1. The summed E-state index contributed by atoms with van der Waals surface area (Å²) in [6.45, 7) is 6.54. The van der Waals surface area contributed by atoms with Crippen molar-refractivity contribution < 1.29 is 5.11 Å². The molecule has 128 valence electrons. The molecule has 25 heavy (non-hydrogen) atoms. The molecule has 0 atom stereocenters. The molecule has 0 amide bonds. The van der Waals surface area contributed by atoms with Gasteiger partial charge in [-0.05, 0) is 42.2 Å². The molecule has 0 bridgehead atoms. The summed E-state index contributed by atoms with van der Waals surface area (Å²) in [7, 11) is 0. The van der Waals surface area contributed by atoms with E-state index in [0.717, 1.165) is 30.8 Å². The Bertz CT molecular complexity index is 771. The van der Waals surface area contributed by atoms with Crippen molar-refractivity contribution in [1.29, 1.82) is 0 Å². The van der Waals surface area contributed by atoms with Crippen LogP contribution in [-0.2, 0) is 19.6 Å². The van der Waals surface area contributed by atoms with E-state index in [2.05, 4.69) is 66.4 Å². The van der Waals surface area contributed by atoms with E-state index in [0.29, 0.717) is 5.75 Å². The van der Waals surface area contributed by atoms with E-state index in [1.807, 2.05) is 25.1 Å². The number of aryl methyl sites for hydroxylation is 2. The first-order valence-electron chi connectivity index (χ1n) is 8.71. The van der Waals surface area contributed by atoms with Gasteiger partial charge in [0.05, 0.1) is 0 Å². The lowest BCUT2D eigenvalue weighted by atomic mass is 10.0. The molecule has 0 aliphatic rings. The summed E-state index contributed by atoms with van der Waals surface area (Å²) in [6.07, 6.45) is 0. The van der Waals surface area contributed by atoms with Gasteiger partial charge in [-0.15, -0.1) is 0 Å². The largest absolute Gasteiger partial charge is 0.508 e. The van der Waals surface area contributed by atoms with Gasteiger partial charge in [0.25, 0.3) is 0 Å². The molecule has 0 aromatic heterocycles. The molecule has 1 N–H and O–H groups in total. The topological polar surface area (TPSA) is 23.5 Å². The molecule has 0 unspecified atom stereocenters. The molecule has 0 saturated carbocycles. The van der Waals surface area contributed by atoms with Crippen molar-refractivity contribution in [3.63, 3.8) is 0 Å². The molecule has 0 heterocycles. The minimum atomic E-state index is 0.384. The molecule has 0 aliphatic carbocycles. The van der Waals surface area contributed by atoms with Crippen LogP contribution in [0.2, 0.25) is 0 Å². The van der Waals surface area contributed by atoms with E-state index in [-0.39, 0.29) is 0 Å². The van der Waals surface area contributed by atoms with Crippen LogP contribution in [0.25, 0.3) is 0 Å². The van der Waals surface area contributed by atoms with Crippen molar-refractivity contribution >= 4 is 0 Å². The van der Waals surface area contributed by atoms with Gasteiger partial charge in [-0.25, -0.2) is 0 Å². The van der Waals surface area contributed by atoms with Crippen molar-refractivity contribution in [2.45, 2.75) is 33.5 Å². The zero-order chi connectivity index (χ0) is 17.6.